The molecule has 0 heterocycles. The molecule has 0 atom stereocenters. The summed E-state index contributed by atoms with van der Waals surface area (Å²) in [5, 5.41) is 0. The summed E-state index contributed by atoms with van der Waals surface area (Å²) in [5.74, 6) is 1.67. The first-order chi connectivity index (χ1) is 5.54. The van der Waals surface area contributed by atoms with Crippen LogP contribution in [0.4, 0.5) is 0 Å². The molecule has 0 spiro atoms. The largest absolute Gasteiger partial charge is 2.00 e. The normalized spacial score (nSPS) is 9.23. The predicted molar refractivity (Wildman–Crippen MR) is 64.6 cm³/mol. The van der Waals surface area contributed by atoms with Crippen molar-refractivity contribution in [1.29, 1.82) is 0 Å². The van der Waals surface area contributed by atoms with Gasteiger partial charge in [0.1, 0.15) is 0 Å². The van der Waals surface area contributed by atoms with E-state index < -0.39 is 0 Å². The molecule has 0 bridgehead atoms. The Morgan fingerprint density at radius 2 is 1.00 bits per heavy atom. The second kappa shape index (κ2) is 15.2. The van der Waals surface area contributed by atoms with Crippen molar-refractivity contribution in [2.45, 2.75) is 53.4 Å². The van der Waals surface area contributed by atoms with Crippen LogP contribution in [0.15, 0.2) is 0 Å². The third kappa shape index (κ3) is 32.3. The van der Waals surface area contributed by atoms with Gasteiger partial charge in [0.05, 0.1) is 0 Å². The van der Waals surface area contributed by atoms with Crippen LogP contribution in [0, 0.1) is 25.7 Å². The van der Waals surface area contributed by atoms with Gasteiger partial charge in [-0.15, -0.1) is 0 Å². The first-order valence-electron chi connectivity index (χ1n) is 5.13. The van der Waals surface area contributed by atoms with Crippen LogP contribution in [0.25, 0.3) is 0 Å². The van der Waals surface area contributed by atoms with E-state index in [0.29, 0.717) is 0 Å². The van der Waals surface area contributed by atoms with E-state index in [1.54, 1.807) is 0 Å². The Balaban J connectivity index is -0.000000143. The van der Waals surface area contributed by atoms with E-state index in [4.69, 9.17) is 0 Å². The molecule has 0 aliphatic heterocycles. The molecule has 0 N–H and O–H groups in total. The van der Waals surface area contributed by atoms with Gasteiger partial charge in [0.15, 0.2) is 0 Å². The van der Waals surface area contributed by atoms with Gasteiger partial charge in [-0.05, 0) is 11.8 Å². The molecular weight excluding hydrogens is 168 g/mol. The maximum Gasteiger partial charge on any atom is 2.00 e. The molecule has 0 saturated heterocycles. The van der Waals surface area contributed by atoms with Crippen molar-refractivity contribution >= 4 is 23.1 Å². The summed E-state index contributed by atoms with van der Waals surface area (Å²) in [4.78, 5) is 0. The Labute approximate surface area is 102 Å². The SMILES string of the molecule is [CH2-]CCC(C)C.[CH2-]CCC(C)C.[Mg+2]. The summed E-state index contributed by atoms with van der Waals surface area (Å²) < 4.78 is 0. The summed E-state index contributed by atoms with van der Waals surface area (Å²) in [6.45, 7) is 16.3. The Kier molecular flexibility index (Phi) is 22.7. The van der Waals surface area contributed by atoms with Crippen LogP contribution in [0.1, 0.15) is 53.4 Å². The molecule has 0 aromatic heterocycles. The Morgan fingerprint density at radius 1 is 0.769 bits per heavy atom. The van der Waals surface area contributed by atoms with Crippen molar-refractivity contribution in [2.75, 3.05) is 0 Å². The second-order valence-electron chi connectivity index (χ2n) is 4.07. The molecule has 0 amide bonds. The fourth-order valence-electron chi connectivity index (χ4n) is 0.816. The quantitative estimate of drug-likeness (QED) is 0.466. The molecule has 0 fully saturated rings. The molecule has 0 aliphatic rings. The molecule has 76 valence electrons. The zero-order valence-corrected chi connectivity index (χ0v) is 11.5. The first kappa shape index (κ1) is 19.4. The monoisotopic (exact) mass is 194 g/mol. The van der Waals surface area contributed by atoms with Crippen LogP contribution in [0.5, 0.6) is 0 Å². The van der Waals surface area contributed by atoms with E-state index in [-0.39, 0.29) is 23.1 Å². The maximum atomic E-state index is 3.73. The van der Waals surface area contributed by atoms with Crippen LogP contribution in [0.3, 0.4) is 0 Å². The van der Waals surface area contributed by atoms with Gasteiger partial charge in [0, 0.05) is 0 Å². The zero-order valence-electron chi connectivity index (χ0n) is 10.1. The molecule has 0 saturated carbocycles. The van der Waals surface area contributed by atoms with E-state index in [1.807, 2.05) is 0 Å². The van der Waals surface area contributed by atoms with Crippen LogP contribution < -0.4 is 0 Å². The van der Waals surface area contributed by atoms with E-state index in [0.717, 1.165) is 24.7 Å². The van der Waals surface area contributed by atoms with Crippen LogP contribution in [-0.2, 0) is 0 Å². The molecule has 0 nitrogen and oxygen atoms in total. The van der Waals surface area contributed by atoms with Crippen LogP contribution in [-0.4, -0.2) is 23.1 Å². The van der Waals surface area contributed by atoms with E-state index >= 15 is 0 Å². The molecule has 0 aromatic rings. The third-order valence-corrected chi connectivity index (χ3v) is 1.56. The standard InChI is InChI=1S/2C6H13.Mg/c2*1-4-5-6(2)3;/h2*6H,1,4-5H2,2-3H3;/q2*-1;+2. The van der Waals surface area contributed by atoms with Gasteiger partial charge in [-0.25, -0.2) is 0 Å². The van der Waals surface area contributed by atoms with Gasteiger partial charge < -0.3 is 13.8 Å². The zero-order chi connectivity index (χ0) is 9.98. The van der Waals surface area contributed by atoms with E-state index in [1.165, 1.54) is 12.8 Å². The van der Waals surface area contributed by atoms with Crippen LogP contribution in [0.2, 0.25) is 0 Å². The summed E-state index contributed by atoms with van der Waals surface area (Å²) >= 11 is 0. The Hall–Kier alpha value is 0.766. The fourth-order valence-corrected chi connectivity index (χ4v) is 0.816. The summed E-state index contributed by atoms with van der Waals surface area (Å²) in [5.41, 5.74) is 0. The Bertz CT molecular complexity index is 57.5. The molecular formula is C12H26Mg. The number of hydrogen-bond acceptors (Lipinski definition) is 0. The summed E-state index contributed by atoms with van der Waals surface area (Å²) in [6, 6.07) is 0. The van der Waals surface area contributed by atoms with Gasteiger partial charge in [-0.3, -0.25) is 0 Å². The molecule has 0 rings (SSSR count). The molecule has 0 aromatic carbocycles. The van der Waals surface area contributed by atoms with Crippen molar-refractivity contribution in [2.24, 2.45) is 11.8 Å². The minimum Gasteiger partial charge on any atom is -0.343 e. The summed E-state index contributed by atoms with van der Waals surface area (Å²) in [7, 11) is 0. The summed E-state index contributed by atoms with van der Waals surface area (Å²) in [6.07, 6.45) is 4.69. The van der Waals surface area contributed by atoms with Gasteiger partial charge >= 0.3 is 23.1 Å². The van der Waals surface area contributed by atoms with Gasteiger partial charge in [0.2, 0.25) is 0 Å². The first-order valence-corrected chi connectivity index (χ1v) is 5.13. The minimum absolute atomic E-state index is 0. The second-order valence-corrected chi connectivity index (χ2v) is 4.07. The Morgan fingerprint density at radius 3 is 1.00 bits per heavy atom. The molecule has 0 aliphatic carbocycles. The van der Waals surface area contributed by atoms with Gasteiger partial charge in [0.25, 0.3) is 0 Å². The van der Waals surface area contributed by atoms with Gasteiger partial charge in [-0.1, -0.05) is 40.5 Å². The van der Waals surface area contributed by atoms with Crippen molar-refractivity contribution in [3.8, 4) is 0 Å². The number of hydrogen-bond donors (Lipinski definition) is 0. The van der Waals surface area contributed by atoms with E-state index in [9.17, 15) is 0 Å². The van der Waals surface area contributed by atoms with Crippen molar-refractivity contribution in [3.63, 3.8) is 0 Å². The van der Waals surface area contributed by atoms with Crippen molar-refractivity contribution in [3.05, 3.63) is 13.8 Å². The third-order valence-electron chi connectivity index (χ3n) is 1.56. The van der Waals surface area contributed by atoms with Crippen LogP contribution >= 0.6 is 0 Å². The van der Waals surface area contributed by atoms with Gasteiger partial charge in [-0.2, -0.15) is 12.8 Å². The average Bonchev–Trinajstić information content (AvgIpc) is 1.87. The molecule has 1 heteroatoms. The van der Waals surface area contributed by atoms with E-state index in [2.05, 4.69) is 41.5 Å². The maximum absolute atomic E-state index is 3.73. The molecule has 0 unspecified atom stereocenters. The van der Waals surface area contributed by atoms with Crippen molar-refractivity contribution < 1.29 is 0 Å². The van der Waals surface area contributed by atoms with Crippen molar-refractivity contribution in [1.82, 2.24) is 0 Å². The average molecular weight is 195 g/mol. The topological polar surface area (TPSA) is 0 Å². The molecule has 13 heavy (non-hydrogen) atoms. The predicted octanol–water partition coefficient (Wildman–Crippen LogP) is 4.13. The fraction of sp³-hybridized carbons (Fsp3) is 0.833. The molecule has 0 radical (unpaired) electrons. The number of rotatable bonds is 4. The minimum atomic E-state index is 0. The smallest absolute Gasteiger partial charge is 0.343 e.